The fourth-order valence-corrected chi connectivity index (χ4v) is 4.96. The van der Waals surface area contributed by atoms with E-state index in [4.69, 9.17) is 5.10 Å². The molecule has 34 heavy (non-hydrogen) atoms. The van der Waals surface area contributed by atoms with Crippen molar-refractivity contribution in [3.05, 3.63) is 83.7 Å². The number of hydrazone groups is 1. The Morgan fingerprint density at radius 1 is 1.00 bits per heavy atom. The molecule has 1 amide bonds. The maximum Gasteiger partial charge on any atom is 0.244 e. The zero-order valence-electron chi connectivity index (χ0n) is 20.0. The number of benzene rings is 1. The molecule has 3 aliphatic rings. The maximum absolute atomic E-state index is 13.3. The maximum atomic E-state index is 13.3. The molecule has 0 aliphatic carbocycles. The molecule has 7 heteroatoms. The van der Waals surface area contributed by atoms with E-state index in [1.807, 2.05) is 40.4 Å². The van der Waals surface area contributed by atoms with Crippen LogP contribution in [0.15, 0.2) is 83.3 Å². The molecule has 1 unspecified atom stereocenters. The van der Waals surface area contributed by atoms with Gasteiger partial charge in [-0.25, -0.2) is 4.98 Å². The van der Waals surface area contributed by atoms with Crippen LogP contribution in [0, 0.1) is 0 Å². The average molecular weight is 457 g/mol. The Labute approximate surface area is 201 Å². The van der Waals surface area contributed by atoms with Crippen molar-refractivity contribution in [3.8, 4) is 0 Å². The van der Waals surface area contributed by atoms with Gasteiger partial charge in [0.25, 0.3) is 0 Å². The third-order valence-corrected chi connectivity index (χ3v) is 6.80. The minimum atomic E-state index is 0.0660. The summed E-state index contributed by atoms with van der Waals surface area (Å²) >= 11 is 0. The predicted octanol–water partition coefficient (Wildman–Crippen LogP) is 3.31. The average Bonchev–Trinajstić information content (AvgIpc) is 3.28. The number of anilines is 1. The molecule has 0 radical (unpaired) electrons. The summed E-state index contributed by atoms with van der Waals surface area (Å²) in [4.78, 5) is 24.2. The van der Waals surface area contributed by atoms with Gasteiger partial charge in [-0.15, -0.1) is 0 Å². The van der Waals surface area contributed by atoms with Crippen LogP contribution in [0.5, 0.6) is 0 Å². The molecule has 1 atom stereocenters. The van der Waals surface area contributed by atoms with E-state index in [9.17, 15) is 4.79 Å². The Morgan fingerprint density at radius 2 is 1.76 bits per heavy atom. The van der Waals surface area contributed by atoms with Crippen LogP contribution >= 0.6 is 0 Å². The molecule has 1 saturated heterocycles. The van der Waals surface area contributed by atoms with E-state index in [1.165, 1.54) is 11.1 Å². The molecule has 0 bridgehead atoms. The van der Waals surface area contributed by atoms with Crippen LogP contribution in [0.2, 0.25) is 0 Å². The van der Waals surface area contributed by atoms with E-state index in [0.717, 1.165) is 43.3 Å². The second-order valence-corrected chi connectivity index (χ2v) is 9.25. The first kappa shape index (κ1) is 22.2. The number of carbonyl (C=O) groups is 1. The van der Waals surface area contributed by atoms with Crippen molar-refractivity contribution in [2.24, 2.45) is 5.10 Å². The largest absolute Gasteiger partial charge is 0.369 e. The molecule has 7 nitrogen and oxygen atoms in total. The van der Waals surface area contributed by atoms with Gasteiger partial charge in [-0.1, -0.05) is 48.0 Å². The van der Waals surface area contributed by atoms with Crippen molar-refractivity contribution in [1.29, 1.82) is 0 Å². The van der Waals surface area contributed by atoms with Gasteiger partial charge in [-0.2, -0.15) is 5.10 Å². The minimum absolute atomic E-state index is 0.0660. The smallest absolute Gasteiger partial charge is 0.244 e. The van der Waals surface area contributed by atoms with Gasteiger partial charge in [0, 0.05) is 52.4 Å². The molecule has 0 N–H and O–H groups in total. The third-order valence-electron chi connectivity index (χ3n) is 6.80. The van der Waals surface area contributed by atoms with Crippen molar-refractivity contribution in [3.63, 3.8) is 0 Å². The van der Waals surface area contributed by atoms with Crippen LogP contribution in [0.3, 0.4) is 0 Å². The number of aromatic nitrogens is 1. The van der Waals surface area contributed by atoms with Crippen LogP contribution in [0.4, 0.5) is 5.82 Å². The highest BCUT2D eigenvalue weighted by atomic mass is 16.2. The van der Waals surface area contributed by atoms with Crippen molar-refractivity contribution in [2.45, 2.75) is 19.4 Å². The van der Waals surface area contributed by atoms with Crippen LogP contribution in [-0.4, -0.2) is 77.7 Å². The van der Waals surface area contributed by atoms with E-state index >= 15 is 0 Å². The lowest BCUT2D eigenvalue weighted by Crippen LogP contribution is -2.51. The number of allylic oxidation sites excluding steroid dienone is 3. The molecule has 2 aromatic rings. The van der Waals surface area contributed by atoms with Crippen LogP contribution < -0.4 is 4.90 Å². The molecular weight excluding hydrogens is 424 g/mol. The summed E-state index contributed by atoms with van der Waals surface area (Å²) in [6.45, 7) is 6.33. The summed E-state index contributed by atoms with van der Waals surface area (Å²) in [6, 6.07) is 16.4. The standard InChI is InChI=1S/C27H32N6O/c1-21-11-12-24(30(2)19-21)23-18-25(22-8-4-3-5-9-22)33(29-23)20-27(34)32-16-14-31(15-17-32)26-10-6-7-13-28-26/h3-13,25H,14-20H2,1-2H3. The number of amides is 1. The molecule has 1 aromatic heterocycles. The molecule has 176 valence electrons. The Kier molecular flexibility index (Phi) is 6.34. The van der Waals surface area contributed by atoms with Gasteiger partial charge >= 0.3 is 0 Å². The number of carbonyl (C=O) groups excluding carboxylic acids is 1. The highest BCUT2D eigenvalue weighted by Crippen LogP contribution is 2.33. The second kappa shape index (κ2) is 9.71. The number of pyridine rings is 1. The summed E-state index contributed by atoms with van der Waals surface area (Å²) in [6.07, 6.45) is 6.94. The molecule has 0 saturated carbocycles. The molecule has 0 spiro atoms. The predicted molar refractivity (Wildman–Crippen MR) is 135 cm³/mol. The van der Waals surface area contributed by atoms with Crippen molar-refractivity contribution in [2.75, 3.05) is 51.2 Å². The number of likely N-dealkylation sites (N-methyl/N-ethyl adjacent to an activating group) is 1. The molecule has 3 aliphatic heterocycles. The highest BCUT2D eigenvalue weighted by Gasteiger charge is 2.33. The summed E-state index contributed by atoms with van der Waals surface area (Å²) in [7, 11) is 2.11. The van der Waals surface area contributed by atoms with Gasteiger partial charge in [0.15, 0.2) is 0 Å². The molecule has 1 aromatic carbocycles. The highest BCUT2D eigenvalue weighted by molar-refractivity contribution is 6.01. The monoisotopic (exact) mass is 456 g/mol. The Morgan fingerprint density at radius 3 is 2.47 bits per heavy atom. The van der Waals surface area contributed by atoms with Crippen molar-refractivity contribution in [1.82, 2.24) is 19.8 Å². The molecule has 1 fully saturated rings. The third kappa shape index (κ3) is 4.69. The van der Waals surface area contributed by atoms with E-state index in [2.05, 4.69) is 65.2 Å². The Hall–Kier alpha value is -3.61. The zero-order chi connectivity index (χ0) is 23.5. The normalized spacial score (nSPS) is 20.8. The SMILES string of the molecule is CC1=CC=C(C2=NN(CC(=O)N3CCN(c4ccccn4)CC3)C(c3ccccc3)C2)N(C)C1. The van der Waals surface area contributed by atoms with Gasteiger partial charge in [-0.3, -0.25) is 9.80 Å². The number of rotatable bonds is 5. The van der Waals surface area contributed by atoms with Gasteiger partial charge in [-0.05, 0) is 30.7 Å². The summed E-state index contributed by atoms with van der Waals surface area (Å²) < 4.78 is 0. The number of hydrogen-bond acceptors (Lipinski definition) is 6. The van der Waals surface area contributed by atoms with E-state index < -0.39 is 0 Å². The first-order valence-electron chi connectivity index (χ1n) is 12.0. The van der Waals surface area contributed by atoms with Gasteiger partial charge < -0.3 is 14.7 Å². The lowest BCUT2D eigenvalue weighted by Gasteiger charge is -2.36. The van der Waals surface area contributed by atoms with Crippen LogP contribution in [0.25, 0.3) is 0 Å². The fourth-order valence-electron chi connectivity index (χ4n) is 4.96. The lowest BCUT2D eigenvalue weighted by molar-refractivity contribution is -0.133. The van der Waals surface area contributed by atoms with E-state index in [-0.39, 0.29) is 11.9 Å². The first-order chi connectivity index (χ1) is 16.6. The zero-order valence-corrected chi connectivity index (χ0v) is 20.0. The van der Waals surface area contributed by atoms with Gasteiger partial charge in [0.2, 0.25) is 5.91 Å². The lowest BCUT2D eigenvalue weighted by atomic mass is 9.99. The second-order valence-electron chi connectivity index (χ2n) is 9.25. The quantitative estimate of drug-likeness (QED) is 0.691. The summed E-state index contributed by atoms with van der Waals surface area (Å²) in [5.74, 6) is 1.11. The number of hydrogen-bond donors (Lipinski definition) is 0. The molecule has 4 heterocycles. The number of piperazine rings is 1. The Bertz CT molecular complexity index is 1100. The summed E-state index contributed by atoms with van der Waals surface area (Å²) in [5.41, 5.74) is 4.72. The van der Waals surface area contributed by atoms with Crippen molar-refractivity contribution < 1.29 is 4.79 Å². The first-order valence-corrected chi connectivity index (χ1v) is 12.0. The topological polar surface area (TPSA) is 55.3 Å². The van der Waals surface area contributed by atoms with Gasteiger partial charge in [0.05, 0.1) is 17.5 Å². The van der Waals surface area contributed by atoms with E-state index in [0.29, 0.717) is 19.6 Å². The molecule has 5 rings (SSSR count). The van der Waals surface area contributed by atoms with Gasteiger partial charge in [0.1, 0.15) is 12.4 Å². The minimum Gasteiger partial charge on any atom is -0.369 e. The van der Waals surface area contributed by atoms with Crippen molar-refractivity contribution >= 4 is 17.4 Å². The van der Waals surface area contributed by atoms with E-state index in [1.54, 1.807) is 0 Å². The summed E-state index contributed by atoms with van der Waals surface area (Å²) in [5, 5.41) is 6.98. The van der Waals surface area contributed by atoms with Crippen LogP contribution in [0.1, 0.15) is 24.9 Å². The number of nitrogens with zero attached hydrogens (tertiary/aromatic N) is 6. The fraction of sp³-hybridized carbons (Fsp3) is 0.370. The Balaban J connectivity index is 1.30. The molecular formula is C27H32N6O. The van der Waals surface area contributed by atoms with Crippen LogP contribution in [-0.2, 0) is 4.79 Å².